The molecule has 1 aromatic carbocycles. The average molecular weight is 387 g/mol. The molecule has 0 aliphatic carbocycles. The number of aryl methyl sites for hydroxylation is 1. The summed E-state index contributed by atoms with van der Waals surface area (Å²) in [5.74, 6) is 0.491. The van der Waals surface area contributed by atoms with Crippen molar-refractivity contribution in [2.24, 2.45) is 10.7 Å². The molecule has 1 heterocycles. The Morgan fingerprint density at radius 1 is 1.21 bits per heavy atom. The molecule has 3 nitrogen and oxygen atoms in total. The van der Waals surface area contributed by atoms with E-state index in [-0.39, 0.29) is 24.0 Å². The Labute approximate surface area is 135 Å². The fourth-order valence-electron chi connectivity index (χ4n) is 1.57. The third-order valence-corrected chi connectivity index (χ3v) is 3.52. The van der Waals surface area contributed by atoms with Crippen molar-refractivity contribution in [3.8, 4) is 0 Å². The van der Waals surface area contributed by atoms with Gasteiger partial charge in [-0.15, -0.1) is 35.3 Å². The molecule has 0 bridgehead atoms. The van der Waals surface area contributed by atoms with Gasteiger partial charge < -0.3 is 11.1 Å². The molecule has 0 saturated carbocycles. The summed E-state index contributed by atoms with van der Waals surface area (Å²) in [6.07, 6.45) is 0. The summed E-state index contributed by atoms with van der Waals surface area (Å²) in [6, 6.07) is 14.3. The quantitative estimate of drug-likeness (QED) is 0.481. The van der Waals surface area contributed by atoms with Gasteiger partial charge in [0.25, 0.3) is 0 Å². The minimum atomic E-state index is 0. The number of hydrogen-bond donors (Lipinski definition) is 2. The second-order valence-electron chi connectivity index (χ2n) is 4.05. The molecule has 0 fully saturated rings. The molecule has 0 aliphatic heterocycles. The van der Waals surface area contributed by atoms with Crippen molar-refractivity contribution in [2.45, 2.75) is 20.0 Å². The molecule has 19 heavy (non-hydrogen) atoms. The predicted molar refractivity (Wildman–Crippen MR) is 93.1 cm³/mol. The van der Waals surface area contributed by atoms with Crippen LogP contribution < -0.4 is 11.1 Å². The minimum Gasteiger partial charge on any atom is -0.370 e. The molecule has 0 unspecified atom stereocenters. The standard InChI is InChI=1S/C14H17N3S.HI/c1-11-7-8-13(18-11)10-17-14(15)16-9-12-5-3-2-4-6-12;/h2-8H,9-10H2,1H3,(H3,15,16,17);1H. The van der Waals surface area contributed by atoms with Gasteiger partial charge in [-0.05, 0) is 24.6 Å². The normalized spacial score (nSPS) is 10.9. The first-order chi connectivity index (χ1) is 8.74. The summed E-state index contributed by atoms with van der Waals surface area (Å²) in [7, 11) is 0. The fourth-order valence-corrected chi connectivity index (χ4v) is 2.40. The summed E-state index contributed by atoms with van der Waals surface area (Å²) in [5, 5.41) is 3.12. The van der Waals surface area contributed by atoms with E-state index in [9.17, 15) is 0 Å². The number of thiophene rings is 1. The van der Waals surface area contributed by atoms with Crippen LogP contribution in [0.3, 0.4) is 0 Å². The molecule has 102 valence electrons. The predicted octanol–water partition coefficient (Wildman–Crippen LogP) is 3.28. The van der Waals surface area contributed by atoms with E-state index in [0.29, 0.717) is 12.5 Å². The van der Waals surface area contributed by atoms with Crippen LogP contribution in [-0.4, -0.2) is 5.96 Å². The van der Waals surface area contributed by atoms with Crippen molar-refractivity contribution >= 4 is 41.3 Å². The molecule has 3 N–H and O–H groups in total. The van der Waals surface area contributed by atoms with Gasteiger partial charge in [0.15, 0.2) is 5.96 Å². The van der Waals surface area contributed by atoms with E-state index < -0.39 is 0 Å². The van der Waals surface area contributed by atoms with Gasteiger partial charge in [0.2, 0.25) is 0 Å². The number of benzene rings is 1. The highest BCUT2D eigenvalue weighted by Gasteiger charge is 1.97. The third kappa shape index (κ3) is 5.61. The molecular formula is C14H18IN3S. The van der Waals surface area contributed by atoms with Crippen LogP contribution in [0.1, 0.15) is 15.3 Å². The van der Waals surface area contributed by atoms with Crippen LogP contribution in [0.2, 0.25) is 0 Å². The number of hydrogen-bond acceptors (Lipinski definition) is 2. The monoisotopic (exact) mass is 387 g/mol. The van der Waals surface area contributed by atoms with Crippen molar-refractivity contribution in [3.63, 3.8) is 0 Å². The van der Waals surface area contributed by atoms with Crippen LogP contribution in [-0.2, 0) is 13.1 Å². The van der Waals surface area contributed by atoms with Crippen LogP contribution in [0.5, 0.6) is 0 Å². The van der Waals surface area contributed by atoms with Crippen molar-refractivity contribution in [1.29, 1.82) is 0 Å². The highest BCUT2D eigenvalue weighted by atomic mass is 127. The van der Waals surface area contributed by atoms with E-state index in [2.05, 4.69) is 29.4 Å². The van der Waals surface area contributed by atoms with E-state index in [0.717, 1.165) is 12.1 Å². The molecule has 0 spiro atoms. The van der Waals surface area contributed by atoms with Gasteiger partial charge >= 0.3 is 0 Å². The first kappa shape index (κ1) is 16.0. The Morgan fingerprint density at radius 2 is 1.95 bits per heavy atom. The highest BCUT2D eigenvalue weighted by Crippen LogP contribution is 2.14. The number of aliphatic imine (C=N–C) groups is 1. The third-order valence-electron chi connectivity index (χ3n) is 2.51. The number of nitrogens with one attached hydrogen (secondary N) is 1. The van der Waals surface area contributed by atoms with Crippen molar-refractivity contribution < 1.29 is 0 Å². The summed E-state index contributed by atoms with van der Waals surface area (Å²) in [5.41, 5.74) is 6.98. The number of halogens is 1. The van der Waals surface area contributed by atoms with Crippen molar-refractivity contribution in [1.82, 2.24) is 5.32 Å². The SMILES string of the molecule is Cc1ccc(CNC(N)=NCc2ccccc2)s1.I. The summed E-state index contributed by atoms with van der Waals surface area (Å²) < 4.78 is 0. The number of guanidine groups is 1. The molecule has 0 saturated heterocycles. The Kier molecular flexibility index (Phi) is 6.86. The summed E-state index contributed by atoms with van der Waals surface area (Å²) in [6.45, 7) is 3.45. The van der Waals surface area contributed by atoms with E-state index in [1.807, 2.05) is 30.3 Å². The van der Waals surface area contributed by atoms with Gasteiger partial charge in [0, 0.05) is 9.75 Å². The van der Waals surface area contributed by atoms with Crippen LogP contribution in [0, 0.1) is 6.92 Å². The molecular weight excluding hydrogens is 369 g/mol. The Morgan fingerprint density at radius 3 is 2.58 bits per heavy atom. The first-order valence-corrected chi connectivity index (χ1v) is 6.69. The molecule has 5 heteroatoms. The lowest BCUT2D eigenvalue weighted by Gasteiger charge is -2.03. The highest BCUT2D eigenvalue weighted by molar-refractivity contribution is 14.0. The first-order valence-electron chi connectivity index (χ1n) is 5.87. The van der Waals surface area contributed by atoms with Gasteiger partial charge in [0.1, 0.15) is 0 Å². The van der Waals surface area contributed by atoms with Crippen molar-refractivity contribution in [3.05, 3.63) is 57.8 Å². The maximum Gasteiger partial charge on any atom is 0.189 e. The second-order valence-corrected chi connectivity index (χ2v) is 5.43. The lowest BCUT2D eigenvalue weighted by atomic mass is 10.2. The van der Waals surface area contributed by atoms with Crippen LogP contribution in [0.25, 0.3) is 0 Å². The Hall–Kier alpha value is -1.08. The van der Waals surface area contributed by atoms with Gasteiger partial charge in [-0.25, -0.2) is 4.99 Å². The lowest BCUT2D eigenvalue weighted by molar-refractivity contribution is 0.899. The number of nitrogens with zero attached hydrogens (tertiary/aromatic N) is 1. The maximum absolute atomic E-state index is 5.82. The van der Waals surface area contributed by atoms with Gasteiger partial charge in [0.05, 0.1) is 13.1 Å². The molecule has 2 rings (SSSR count). The van der Waals surface area contributed by atoms with Crippen LogP contribution in [0.4, 0.5) is 0 Å². The Bertz CT molecular complexity index is 522. The van der Waals surface area contributed by atoms with Gasteiger partial charge in [-0.3, -0.25) is 0 Å². The Balaban J connectivity index is 0.00000180. The molecule has 0 amide bonds. The largest absolute Gasteiger partial charge is 0.370 e. The summed E-state index contributed by atoms with van der Waals surface area (Å²) in [4.78, 5) is 6.88. The molecule has 0 atom stereocenters. The van der Waals surface area contributed by atoms with Gasteiger partial charge in [-0.2, -0.15) is 0 Å². The van der Waals surface area contributed by atoms with Crippen molar-refractivity contribution in [2.75, 3.05) is 0 Å². The van der Waals surface area contributed by atoms with Crippen LogP contribution in [0.15, 0.2) is 47.5 Å². The minimum absolute atomic E-state index is 0. The smallest absolute Gasteiger partial charge is 0.189 e. The van der Waals surface area contributed by atoms with Crippen LogP contribution >= 0.6 is 35.3 Å². The zero-order valence-electron chi connectivity index (χ0n) is 10.8. The summed E-state index contributed by atoms with van der Waals surface area (Å²) >= 11 is 1.77. The molecule has 2 aromatic rings. The lowest BCUT2D eigenvalue weighted by Crippen LogP contribution is -2.30. The molecule has 1 aromatic heterocycles. The number of nitrogens with two attached hydrogens (primary N) is 1. The van der Waals surface area contributed by atoms with E-state index in [1.165, 1.54) is 9.75 Å². The number of rotatable bonds is 4. The van der Waals surface area contributed by atoms with E-state index >= 15 is 0 Å². The van der Waals surface area contributed by atoms with E-state index in [4.69, 9.17) is 5.73 Å². The molecule has 0 aliphatic rings. The zero-order valence-corrected chi connectivity index (χ0v) is 13.9. The maximum atomic E-state index is 5.82. The average Bonchev–Trinajstić information content (AvgIpc) is 2.81. The molecule has 0 radical (unpaired) electrons. The topological polar surface area (TPSA) is 50.4 Å². The fraction of sp³-hybridized carbons (Fsp3) is 0.214. The second kappa shape index (κ2) is 8.16. The van der Waals surface area contributed by atoms with Gasteiger partial charge in [-0.1, -0.05) is 30.3 Å². The van der Waals surface area contributed by atoms with E-state index in [1.54, 1.807) is 11.3 Å². The zero-order chi connectivity index (χ0) is 12.8.